The molecule has 0 N–H and O–H groups in total. The summed E-state index contributed by atoms with van der Waals surface area (Å²) in [6, 6.07) is 5.47. The number of rotatable bonds is 4. The molecule has 0 aliphatic heterocycles. The first-order valence-corrected chi connectivity index (χ1v) is 4.86. The van der Waals surface area contributed by atoms with Gasteiger partial charge < -0.3 is 9.26 Å². The molecule has 0 bridgehead atoms. The van der Waals surface area contributed by atoms with Crippen LogP contribution in [0, 0.1) is 6.92 Å². The van der Waals surface area contributed by atoms with Gasteiger partial charge in [0.15, 0.2) is 6.29 Å². The highest BCUT2D eigenvalue weighted by molar-refractivity contribution is 5.79. The second-order valence-electron chi connectivity index (χ2n) is 3.48. The fourth-order valence-corrected chi connectivity index (χ4v) is 1.35. The maximum absolute atomic E-state index is 10.8. The number of carbonyl (C=O) groups excluding carboxylic acids is 1. The van der Waals surface area contributed by atoms with Crippen LogP contribution in [0.15, 0.2) is 35.2 Å². The second kappa shape index (κ2) is 4.61. The maximum Gasteiger partial charge on any atom is 0.153 e. The molecule has 2 aromatic rings. The molecule has 4 nitrogen and oxygen atoms in total. The molecular formula is C12H11NO3. The molecule has 1 aromatic heterocycles. The van der Waals surface area contributed by atoms with Crippen LogP contribution in [0.1, 0.15) is 21.5 Å². The van der Waals surface area contributed by atoms with Crippen molar-refractivity contribution in [1.82, 2.24) is 5.16 Å². The Kier molecular flexibility index (Phi) is 3.00. The van der Waals surface area contributed by atoms with Crippen molar-refractivity contribution in [3.63, 3.8) is 0 Å². The molecule has 2 rings (SSSR count). The van der Waals surface area contributed by atoms with E-state index in [9.17, 15) is 4.79 Å². The zero-order valence-electron chi connectivity index (χ0n) is 8.84. The van der Waals surface area contributed by atoms with E-state index in [1.165, 1.54) is 6.26 Å². The first kappa shape index (κ1) is 10.4. The van der Waals surface area contributed by atoms with Gasteiger partial charge in [0.25, 0.3) is 0 Å². The van der Waals surface area contributed by atoms with E-state index in [4.69, 9.17) is 4.74 Å². The minimum absolute atomic E-state index is 0.341. The molecule has 0 spiro atoms. The average molecular weight is 217 g/mol. The SMILES string of the molecule is Cc1ccc(OCc2cnoc2)c(C=O)c1. The van der Waals surface area contributed by atoms with E-state index < -0.39 is 0 Å². The van der Waals surface area contributed by atoms with E-state index in [2.05, 4.69) is 9.68 Å². The summed E-state index contributed by atoms with van der Waals surface area (Å²) in [6.45, 7) is 2.27. The number of benzene rings is 1. The topological polar surface area (TPSA) is 52.3 Å². The van der Waals surface area contributed by atoms with Crippen molar-refractivity contribution < 1.29 is 14.1 Å². The maximum atomic E-state index is 10.8. The number of hydrogen-bond acceptors (Lipinski definition) is 4. The number of hydrogen-bond donors (Lipinski definition) is 0. The first-order valence-electron chi connectivity index (χ1n) is 4.86. The smallest absolute Gasteiger partial charge is 0.153 e. The van der Waals surface area contributed by atoms with Gasteiger partial charge in [-0.3, -0.25) is 4.79 Å². The lowest BCUT2D eigenvalue weighted by Crippen LogP contribution is -1.97. The van der Waals surface area contributed by atoms with Crippen LogP contribution < -0.4 is 4.74 Å². The van der Waals surface area contributed by atoms with Gasteiger partial charge in [-0.05, 0) is 19.1 Å². The van der Waals surface area contributed by atoms with Gasteiger partial charge in [-0.2, -0.15) is 0 Å². The molecule has 1 aromatic carbocycles. The van der Waals surface area contributed by atoms with Crippen LogP contribution >= 0.6 is 0 Å². The lowest BCUT2D eigenvalue weighted by atomic mass is 10.1. The standard InChI is InChI=1S/C12H11NO3/c1-9-2-3-12(11(4-9)6-14)15-7-10-5-13-16-8-10/h2-6,8H,7H2,1H3. The zero-order valence-corrected chi connectivity index (χ0v) is 8.84. The van der Waals surface area contributed by atoms with Crippen molar-refractivity contribution in [3.05, 3.63) is 47.3 Å². The third kappa shape index (κ3) is 2.28. The molecule has 4 heteroatoms. The third-order valence-electron chi connectivity index (χ3n) is 2.17. The van der Waals surface area contributed by atoms with Gasteiger partial charge in [0.1, 0.15) is 18.6 Å². The molecule has 0 aliphatic rings. The van der Waals surface area contributed by atoms with Gasteiger partial charge in [-0.25, -0.2) is 0 Å². The molecular weight excluding hydrogens is 206 g/mol. The average Bonchev–Trinajstić information content (AvgIpc) is 2.80. The zero-order chi connectivity index (χ0) is 11.4. The van der Waals surface area contributed by atoms with Gasteiger partial charge in [0, 0.05) is 5.56 Å². The molecule has 16 heavy (non-hydrogen) atoms. The molecule has 0 aliphatic carbocycles. The quantitative estimate of drug-likeness (QED) is 0.738. The highest BCUT2D eigenvalue weighted by atomic mass is 16.5. The van der Waals surface area contributed by atoms with Crippen molar-refractivity contribution in [2.45, 2.75) is 13.5 Å². The molecule has 0 atom stereocenters. The van der Waals surface area contributed by atoms with Crippen LogP contribution in [0.2, 0.25) is 0 Å². The molecule has 0 amide bonds. The Balaban J connectivity index is 2.12. The first-order chi connectivity index (χ1) is 7.79. The van der Waals surface area contributed by atoms with Crippen LogP contribution in [-0.4, -0.2) is 11.4 Å². The summed E-state index contributed by atoms with van der Waals surface area (Å²) in [6.07, 6.45) is 3.87. The van der Waals surface area contributed by atoms with E-state index >= 15 is 0 Å². The number of aromatic nitrogens is 1. The van der Waals surface area contributed by atoms with E-state index in [0.717, 1.165) is 17.4 Å². The molecule has 0 saturated carbocycles. The normalized spacial score (nSPS) is 10.1. The minimum Gasteiger partial charge on any atom is -0.488 e. The molecule has 0 unspecified atom stereocenters. The molecule has 82 valence electrons. The van der Waals surface area contributed by atoms with E-state index in [-0.39, 0.29) is 0 Å². The number of carbonyl (C=O) groups is 1. The van der Waals surface area contributed by atoms with E-state index in [0.29, 0.717) is 17.9 Å². The van der Waals surface area contributed by atoms with Crippen LogP contribution in [0.25, 0.3) is 0 Å². The van der Waals surface area contributed by atoms with E-state index in [1.54, 1.807) is 18.3 Å². The number of aldehydes is 1. The minimum atomic E-state index is 0.341. The number of nitrogens with zero attached hydrogens (tertiary/aromatic N) is 1. The van der Waals surface area contributed by atoms with Gasteiger partial charge in [0.2, 0.25) is 0 Å². The summed E-state index contributed by atoms with van der Waals surface area (Å²) in [4.78, 5) is 10.8. The van der Waals surface area contributed by atoms with Crippen molar-refractivity contribution >= 4 is 6.29 Å². The van der Waals surface area contributed by atoms with Gasteiger partial charge in [0.05, 0.1) is 11.8 Å². The predicted octanol–water partition coefficient (Wildman–Crippen LogP) is 2.37. The lowest BCUT2D eigenvalue weighted by Gasteiger charge is -2.07. The number of aryl methyl sites for hydroxylation is 1. The fraction of sp³-hybridized carbons (Fsp3) is 0.167. The summed E-state index contributed by atoms with van der Waals surface area (Å²) in [5.41, 5.74) is 2.41. The Morgan fingerprint density at radius 1 is 1.50 bits per heavy atom. The highest BCUT2D eigenvalue weighted by Crippen LogP contribution is 2.19. The van der Waals surface area contributed by atoms with Gasteiger partial charge in [-0.1, -0.05) is 16.8 Å². The Morgan fingerprint density at radius 2 is 2.38 bits per heavy atom. The van der Waals surface area contributed by atoms with Gasteiger partial charge >= 0.3 is 0 Å². The van der Waals surface area contributed by atoms with Crippen LogP contribution in [0.5, 0.6) is 5.75 Å². The Morgan fingerprint density at radius 3 is 3.06 bits per heavy atom. The second-order valence-corrected chi connectivity index (χ2v) is 3.48. The number of ether oxygens (including phenoxy) is 1. The molecule has 0 saturated heterocycles. The Labute approximate surface area is 92.8 Å². The summed E-state index contributed by atoms with van der Waals surface area (Å²) in [5.74, 6) is 0.571. The summed E-state index contributed by atoms with van der Waals surface area (Å²) >= 11 is 0. The summed E-state index contributed by atoms with van der Waals surface area (Å²) < 4.78 is 10.2. The summed E-state index contributed by atoms with van der Waals surface area (Å²) in [7, 11) is 0. The molecule has 0 fully saturated rings. The molecule has 1 heterocycles. The van der Waals surface area contributed by atoms with Gasteiger partial charge in [-0.15, -0.1) is 0 Å². The Hall–Kier alpha value is -2.10. The van der Waals surface area contributed by atoms with Crippen molar-refractivity contribution in [3.8, 4) is 5.75 Å². The van der Waals surface area contributed by atoms with Crippen molar-refractivity contribution in [2.24, 2.45) is 0 Å². The third-order valence-corrected chi connectivity index (χ3v) is 2.17. The van der Waals surface area contributed by atoms with Crippen LogP contribution in [0.3, 0.4) is 0 Å². The van der Waals surface area contributed by atoms with Crippen LogP contribution in [0.4, 0.5) is 0 Å². The van der Waals surface area contributed by atoms with E-state index in [1.807, 2.05) is 13.0 Å². The van der Waals surface area contributed by atoms with Crippen molar-refractivity contribution in [2.75, 3.05) is 0 Å². The van der Waals surface area contributed by atoms with Crippen LogP contribution in [-0.2, 0) is 6.61 Å². The Bertz CT molecular complexity index is 477. The van der Waals surface area contributed by atoms with Crippen molar-refractivity contribution in [1.29, 1.82) is 0 Å². The predicted molar refractivity (Wildman–Crippen MR) is 57.4 cm³/mol. The fourth-order valence-electron chi connectivity index (χ4n) is 1.35. The lowest BCUT2D eigenvalue weighted by molar-refractivity contribution is 0.111. The summed E-state index contributed by atoms with van der Waals surface area (Å²) in [5, 5.41) is 3.57. The highest BCUT2D eigenvalue weighted by Gasteiger charge is 2.04. The largest absolute Gasteiger partial charge is 0.488 e. The molecule has 0 radical (unpaired) electrons. The monoisotopic (exact) mass is 217 g/mol.